The third kappa shape index (κ3) is 5.28. The van der Waals surface area contributed by atoms with Crippen molar-refractivity contribution in [2.24, 2.45) is 5.73 Å². The van der Waals surface area contributed by atoms with Crippen LogP contribution in [0.25, 0.3) is 0 Å². The SMILES string of the molecule is COC(=O)[C@@H](CCCCN)N1CC[C@@](C)(c2ccc(Oc3ccc(OC)c(OC)c3)cc2)C1=O. The predicted octanol–water partition coefficient (Wildman–Crippen LogP) is 3.66. The van der Waals surface area contributed by atoms with Gasteiger partial charge in [0.1, 0.15) is 17.5 Å². The second-order valence-electron chi connectivity index (χ2n) is 8.55. The topological polar surface area (TPSA) is 100 Å². The Morgan fingerprint density at radius 1 is 1.03 bits per heavy atom. The van der Waals surface area contributed by atoms with Crippen molar-refractivity contribution < 1.29 is 28.5 Å². The quantitative estimate of drug-likeness (QED) is 0.395. The van der Waals surface area contributed by atoms with Gasteiger partial charge in [0.25, 0.3) is 0 Å². The molecular formula is C26H34N2O6. The lowest BCUT2D eigenvalue weighted by molar-refractivity contribution is -0.152. The second-order valence-corrected chi connectivity index (χ2v) is 8.55. The van der Waals surface area contributed by atoms with Gasteiger partial charge in [0, 0.05) is 12.6 Å². The molecule has 1 amide bonds. The Morgan fingerprint density at radius 3 is 2.32 bits per heavy atom. The molecule has 0 aromatic heterocycles. The maximum Gasteiger partial charge on any atom is 0.328 e. The molecule has 0 saturated carbocycles. The molecule has 0 aliphatic carbocycles. The van der Waals surface area contributed by atoms with Gasteiger partial charge in [-0.1, -0.05) is 12.1 Å². The van der Waals surface area contributed by atoms with Gasteiger partial charge in [-0.25, -0.2) is 4.79 Å². The summed E-state index contributed by atoms with van der Waals surface area (Å²) in [5, 5.41) is 0. The molecule has 1 heterocycles. The fraction of sp³-hybridized carbons (Fsp3) is 0.462. The first-order chi connectivity index (χ1) is 16.4. The summed E-state index contributed by atoms with van der Waals surface area (Å²) >= 11 is 0. The monoisotopic (exact) mass is 470 g/mol. The van der Waals surface area contributed by atoms with E-state index in [0.29, 0.717) is 48.9 Å². The van der Waals surface area contributed by atoms with Crippen LogP contribution < -0.4 is 19.9 Å². The molecule has 8 heteroatoms. The molecule has 0 bridgehead atoms. The van der Waals surface area contributed by atoms with E-state index in [0.717, 1.165) is 18.4 Å². The van der Waals surface area contributed by atoms with Crippen LogP contribution in [0.5, 0.6) is 23.0 Å². The van der Waals surface area contributed by atoms with E-state index in [9.17, 15) is 9.59 Å². The van der Waals surface area contributed by atoms with E-state index < -0.39 is 11.5 Å². The molecule has 2 aromatic carbocycles. The van der Waals surface area contributed by atoms with E-state index in [1.54, 1.807) is 37.3 Å². The van der Waals surface area contributed by atoms with Gasteiger partial charge in [0.2, 0.25) is 5.91 Å². The smallest absolute Gasteiger partial charge is 0.328 e. The minimum atomic E-state index is -0.720. The zero-order valence-electron chi connectivity index (χ0n) is 20.3. The highest BCUT2D eigenvalue weighted by Crippen LogP contribution is 2.39. The van der Waals surface area contributed by atoms with Crippen molar-refractivity contribution in [3.63, 3.8) is 0 Å². The number of hydrogen-bond donors (Lipinski definition) is 1. The number of nitrogens with two attached hydrogens (primary N) is 1. The maximum absolute atomic E-state index is 13.5. The first kappa shape index (κ1) is 25.4. The highest BCUT2D eigenvalue weighted by molar-refractivity contribution is 5.93. The third-order valence-electron chi connectivity index (χ3n) is 6.45. The van der Waals surface area contributed by atoms with Gasteiger partial charge in [0.15, 0.2) is 11.5 Å². The molecule has 1 aliphatic rings. The third-order valence-corrected chi connectivity index (χ3v) is 6.45. The molecule has 0 unspecified atom stereocenters. The number of benzene rings is 2. The summed E-state index contributed by atoms with van der Waals surface area (Å²) in [4.78, 5) is 27.5. The molecule has 2 aromatic rings. The Morgan fingerprint density at radius 2 is 1.71 bits per heavy atom. The van der Waals surface area contributed by atoms with E-state index >= 15 is 0 Å². The summed E-state index contributed by atoms with van der Waals surface area (Å²) in [6.07, 6.45) is 2.73. The summed E-state index contributed by atoms with van der Waals surface area (Å²) in [5.74, 6) is 2.00. The normalized spacial score (nSPS) is 18.5. The zero-order chi connectivity index (χ0) is 24.7. The Balaban J connectivity index is 1.74. The second kappa shape index (κ2) is 11.2. The molecule has 34 heavy (non-hydrogen) atoms. The minimum Gasteiger partial charge on any atom is -0.493 e. The lowest BCUT2D eigenvalue weighted by atomic mass is 9.81. The number of methoxy groups -OCH3 is 3. The Labute approximate surface area is 200 Å². The Hall–Kier alpha value is -3.26. The van der Waals surface area contributed by atoms with Crippen LogP contribution in [0, 0.1) is 0 Å². The van der Waals surface area contributed by atoms with Crippen LogP contribution in [-0.2, 0) is 19.7 Å². The van der Waals surface area contributed by atoms with E-state index in [1.165, 1.54) is 7.11 Å². The molecule has 3 rings (SSSR count). The lowest BCUT2D eigenvalue weighted by Crippen LogP contribution is -2.46. The molecule has 2 N–H and O–H groups in total. The van der Waals surface area contributed by atoms with Crippen LogP contribution in [0.3, 0.4) is 0 Å². The number of carbonyl (C=O) groups excluding carboxylic acids is 2. The fourth-order valence-electron chi connectivity index (χ4n) is 4.36. The summed E-state index contributed by atoms with van der Waals surface area (Å²) < 4.78 is 21.5. The minimum absolute atomic E-state index is 0.0655. The number of amides is 1. The number of likely N-dealkylation sites (tertiary alicyclic amines) is 1. The lowest BCUT2D eigenvalue weighted by Gasteiger charge is -2.29. The fourth-order valence-corrected chi connectivity index (χ4v) is 4.36. The van der Waals surface area contributed by atoms with Gasteiger partial charge in [-0.05, 0) is 69.0 Å². The number of ether oxygens (including phenoxy) is 4. The molecule has 1 fully saturated rings. The van der Waals surface area contributed by atoms with E-state index in [1.807, 2.05) is 31.2 Å². The summed E-state index contributed by atoms with van der Waals surface area (Å²) in [5.41, 5.74) is 5.75. The van der Waals surface area contributed by atoms with Crippen LogP contribution >= 0.6 is 0 Å². The first-order valence-corrected chi connectivity index (χ1v) is 11.5. The average molecular weight is 471 g/mol. The van der Waals surface area contributed by atoms with E-state index in [4.69, 9.17) is 24.7 Å². The zero-order valence-corrected chi connectivity index (χ0v) is 20.3. The number of carbonyl (C=O) groups is 2. The average Bonchev–Trinajstić information content (AvgIpc) is 3.16. The standard InChI is InChI=1S/C26H34N2O6/c1-26(14-16-28(25(26)30)21(24(29)33-4)7-5-6-15-27)18-8-10-19(11-9-18)34-20-12-13-22(31-2)23(17-20)32-3/h8-13,17,21H,5-7,14-16,27H2,1-4H3/t21-,26+/m1/s1. The summed E-state index contributed by atoms with van der Waals surface area (Å²) in [6.45, 7) is 2.98. The highest BCUT2D eigenvalue weighted by Gasteiger charge is 2.47. The number of nitrogens with zero attached hydrogens (tertiary/aromatic N) is 1. The van der Waals surface area contributed by atoms with Crippen LogP contribution in [0.15, 0.2) is 42.5 Å². The van der Waals surface area contributed by atoms with Crippen molar-refractivity contribution in [3.05, 3.63) is 48.0 Å². The number of esters is 1. The van der Waals surface area contributed by atoms with Crippen LogP contribution in [0.4, 0.5) is 0 Å². The van der Waals surface area contributed by atoms with Gasteiger partial charge in [-0.2, -0.15) is 0 Å². The van der Waals surface area contributed by atoms with Gasteiger partial charge < -0.3 is 29.6 Å². The summed E-state index contributed by atoms with van der Waals surface area (Å²) in [7, 11) is 4.51. The van der Waals surface area contributed by atoms with Gasteiger partial charge in [-0.3, -0.25) is 4.79 Å². The van der Waals surface area contributed by atoms with Crippen LogP contribution in [0.2, 0.25) is 0 Å². The van der Waals surface area contributed by atoms with E-state index in [2.05, 4.69) is 0 Å². The van der Waals surface area contributed by atoms with Crippen molar-refractivity contribution in [3.8, 4) is 23.0 Å². The number of hydrogen-bond acceptors (Lipinski definition) is 7. The van der Waals surface area contributed by atoms with E-state index in [-0.39, 0.29) is 11.9 Å². The molecule has 1 saturated heterocycles. The number of rotatable bonds is 11. The molecular weight excluding hydrogens is 436 g/mol. The number of unbranched alkanes of at least 4 members (excludes halogenated alkanes) is 1. The van der Waals surface area contributed by atoms with Crippen LogP contribution in [-0.4, -0.2) is 57.2 Å². The molecule has 0 radical (unpaired) electrons. The highest BCUT2D eigenvalue weighted by atomic mass is 16.5. The molecule has 1 aliphatic heterocycles. The van der Waals surface area contributed by atoms with Crippen molar-refractivity contribution in [2.75, 3.05) is 34.4 Å². The van der Waals surface area contributed by atoms with Crippen molar-refractivity contribution >= 4 is 11.9 Å². The Bertz CT molecular complexity index is 993. The maximum atomic E-state index is 13.5. The van der Waals surface area contributed by atoms with Crippen molar-refractivity contribution in [1.29, 1.82) is 0 Å². The van der Waals surface area contributed by atoms with Crippen molar-refractivity contribution in [1.82, 2.24) is 4.90 Å². The van der Waals surface area contributed by atoms with Gasteiger partial charge >= 0.3 is 5.97 Å². The van der Waals surface area contributed by atoms with Crippen molar-refractivity contribution in [2.45, 2.75) is 44.1 Å². The first-order valence-electron chi connectivity index (χ1n) is 11.5. The molecule has 0 spiro atoms. The van der Waals surface area contributed by atoms with Gasteiger partial charge in [0.05, 0.1) is 26.7 Å². The van der Waals surface area contributed by atoms with Gasteiger partial charge in [-0.15, -0.1) is 0 Å². The Kier molecular flexibility index (Phi) is 8.39. The largest absolute Gasteiger partial charge is 0.493 e. The predicted molar refractivity (Wildman–Crippen MR) is 128 cm³/mol. The summed E-state index contributed by atoms with van der Waals surface area (Å²) in [6, 6.07) is 12.2. The van der Waals surface area contributed by atoms with Crippen LogP contribution in [0.1, 0.15) is 38.2 Å². The molecule has 2 atom stereocenters. The molecule has 184 valence electrons. The molecule has 8 nitrogen and oxygen atoms in total.